The smallest absolute Gasteiger partial charge is 0.118 e. The maximum atomic E-state index is 5.58. The fraction of sp³-hybridized carbons (Fsp3) is 0.571. The average Bonchev–Trinajstić information content (AvgIpc) is 2.26. The molecule has 0 aromatic heterocycles. The van der Waals surface area contributed by atoms with E-state index in [1.165, 1.54) is 18.4 Å². The Balaban J connectivity index is 2.05. The highest BCUT2D eigenvalue weighted by molar-refractivity contribution is 5.17. The van der Waals surface area contributed by atoms with Crippen molar-refractivity contribution >= 4 is 0 Å². The van der Waals surface area contributed by atoms with Gasteiger partial charge in [-0.2, -0.15) is 0 Å². The average molecular weight is 220 g/mol. The first-order valence-electron chi connectivity index (χ1n) is 6.07. The van der Waals surface area contributed by atoms with Crippen molar-refractivity contribution in [2.75, 3.05) is 0 Å². The molecule has 1 unspecified atom stereocenters. The molecule has 2 heteroatoms. The van der Waals surface area contributed by atoms with Crippen molar-refractivity contribution in [3.05, 3.63) is 35.9 Å². The van der Waals surface area contributed by atoms with Crippen LogP contribution in [0.3, 0.4) is 0 Å². The molecule has 1 aliphatic rings. The van der Waals surface area contributed by atoms with E-state index in [0.717, 1.165) is 12.8 Å². The van der Waals surface area contributed by atoms with E-state index in [1.54, 1.807) is 0 Å². The van der Waals surface area contributed by atoms with E-state index in [-0.39, 0.29) is 11.7 Å². The Kier molecular flexibility index (Phi) is 3.62. The van der Waals surface area contributed by atoms with Gasteiger partial charge in [-0.1, -0.05) is 43.2 Å². The van der Waals surface area contributed by atoms with Crippen molar-refractivity contribution in [2.24, 2.45) is 0 Å². The molecule has 16 heavy (non-hydrogen) atoms. The first kappa shape index (κ1) is 11.6. The molecule has 1 atom stereocenters. The van der Waals surface area contributed by atoms with E-state index >= 15 is 0 Å². The number of rotatable bonds is 1. The Hall–Kier alpha value is -0.860. The minimum atomic E-state index is -0.159. The predicted octanol–water partition coefficient (Wildman–Crippen LogP) is 4.03. The lowest BCUT2D eigenvalue weighted by atomic mass is 9.97. The van der Waals surface area contributed by atoms with Gasteiger partial charge in [-0.25, -0.2) is 9.78 Å². The summed E-state index contributed by atoms with van der Waals surface area (Å²) in [6, 6.07) is 10.3. The van der Waals surface area contributed by atoms with Gasteiger partial charge in [-0.15, -0.1) is 0 Å². The van der Waals surface area contributed by atoms with Crippen molar-refractivity contribution in [3.8, 4) is 0 Å². The van der Waals surface area contributed by atoms with Gasteiger partial charge in [0.2, 0.25) is 0 Å². The van der Waals surface area contributed by atoms with E-state index in [1.807, 2.05) is 18.2 Å². The van der Waals surface area contributed by atoms with Crippen LogP contribution in [0.4, 0.5) is 0 Å². The van der Waals surface area contributed by atoms with Gasteiger partial charge in [0.1, 0.15) is 6.10 Å². The van der Waals surface area contributed by atoms with Crippen molar-refractivity contribution < 1.29 is 9.78 Å². The Morgan fingerprint density at radius 1 is 1.12 bits per heavy atom. The zero-order valence-corrected chi connectivity index (χ0v) is 10.1. The Bertz CT molecular complexity index is 319. The predicted molar refractivity (Wildman–Crippen MR) is 63.9 cm³/mol. The molecule has 0 saturated carbocycles. The number of hydrogen-bond donors (Lipinski definition) is 0. The van der Waals surface area contributed by atoms with Gasteiger partial charge in [0, 0.05) is 0 Å². The molecule has 88 valence electrons. The molecule has 0 N–H and O–H groups in total. The monoisotopic (exact) mass is 220 g/mol. The summed E-state index contributed by atoms with van der Waals surface area (Å²) >= 11 is 0. The lowest BCUT2D eigenvalue weighted by molar-refractivity contribution is -0.385. The molecule has 1 fully saturated rings. The van der Waals surface area contributed by atoms with Crippen molar-refractivity contribution in [1.82, 2.24) is 0 Å². The molecule has 0 spiro atoms. The van der Waals surface area contributed by atoms with E-state index in [9.17, 15) is 0 Å². The highest BCUT2D eigenvalue weighted by Crippen LogP contribution is 2.31. The molecule has 1 aromatic carbocycles. The first-order chi connectivity index (χ1) is 7.67. The van der Waals surface area contributed by atoms with Gasteiger partial charge >= 0.3 is 0 Å². The normalized spacial score (nSPS) is 25.8. The van der Waals surface area contributed by atoms with Crippen LogP contribution in [0.1, 0.15) is 51.2 Å². The third-order valence-electron chi connectivity index (χ3n) is 3.06. The van der Waals surface area contributed by atoms with E-state index in [4.69, 9.17) is 9.78 Å². The summed E-state index contributed by atoms with van der Waals surface area (Å²) < 4.78 is 0. The molecule has 1 aliphatic heterocycles. The second-order valence-corrected chi connectivity index (χ2v) is 5.08. The second kappa shape index (κ2) is 4.98. The standard InChI is InChI=1S/C14H20O2/c1-14(2)11-7-6-10-13(15-16-14)12-8-4-3-5-9-12/h3-5,8-9,13H,6-7,10-11H2,1-2H3. The molecule has 0 amide bonds. The summed E-state index contributed by atoms with van der Waals surface area (Å²) in [5.74, 6) is 0. The molecule has 0 radical (unpaired) electrons. The minimum absolute atomic E-state index is 0.0841. The van der Waals surface area contributed by atoms with Crippen LogP contribution in [-0.2, 0) is 9.78 Å². The van der Waals surface area contributed by atoms with Gasteiger partial charge in [-0.05, 0) is 32.3 Å². The number of benzene rings is 1. The molecular formula is C14H20O2. The van der Waals surface area contributed by atoms with Crippen LogP contribution >= 0.6 is 0 Å². The molecule has 0 aliphatic carbocycles. The topological polar surface area (TPSA) is 18.5 Å². The third-order valence-corrected chi connectivity index (χ3v) is 3.06. The third kappa shape index (κ3) is 3.06. The molecule has 1 heterocycles. The van der Waals surface area contributed by atoms with Crippen molar-refractivity contribution in [1.29, 1.82) is 0 Å². The summed E-state index contributed by atoms with van der Waals surface area (Å²) in [4.78, 5) is 11.1. The summed E-state index contributed by atoms with van der Waals surface area (Å²) in [6.45, 7) is 4.17. The van der Waals surface area contributed by atoms with E-state index in [2.05, 4.69) is 26.0 Å². The molecule has 0 bridgehead atoms. The number of hydrogen-bond acceptors (Lipinski definition) is 2. The Morgan fingerprint density at radius 2 is 1.88 bits per heavy atom. The summed E-state index contributed by atoms with van der Waals surface area (Å²) in [5.41, 5.74) is 1.05. The lowest BCUT2D eigenvalue weighted by Gasteiger charge is -2.29. The zero-order chi connectivity index (χ0) is 11.4. The molecule has 1 saturated heterocycles. The van der Waals surface area contributed by atoms with Crippen LogP contribution in [0, 0.1) is 0 Å². The molecule has 2 rings (SSSR count). The highest BCUT2D eigenvalue weighted by atomic mass is 17.2. The molecular weight excluding hydrogens is 200 g/mol. The largest absolute Gasteiger partial charge is 0.230 e. The van der Waals surface area contributed by atoms with E-state index in [0.29, 0.717) is 0 Å². The van der Waals surface area contributed by atoms with Crippen LogP contribution < -0.4 is 0 Å². The fourth-order valence-corrected chi connectivity index (χ4v) is 2.05. The van der Waals surface area contributed by atoms with Crippen LogP contribution in [0.5, 0.6) is 0 Å². The van der Waals surface area contributed by atoms with E-state index < -0.39 is 0 Å². The quantitative estimate of drug-likeness (QED) is 0.665. The maximum Gasteiger partial charge on any atom is 0.118 e. The second-order valence-electron chi connectivity index (χ2n) is 5.08. The summed E-state index contributed by atoms with van der Waals surface area (Å²) in [5, 5.41) is 0. The van der Waals surface area contributed by atoms with Gasteiger partial charge in [0.25, 0.3) is 0 Å². The van der Waals surface area contributed by atoms with Gasteiger partial charge < -0.3 is 0 Å². The van der Waals surface area contributed by atoms with Crippen LogP contribution in [0.2, 0.25) is 0 Å². The lowest BCUT2D eigenvalue weighted by Crippen LogP contribution is -2.27. The van der Waals surface area contributed by atoms with Crippen molar-refractivity contribution in [3.63, 3.8) is 0 Å². The Labute approximate surface area is 97.5 Å². The summed E-state index contributed by atoms with van der Waals surface area (Å²) in [7, 11) is 0. The van der Waals surface area contributed by atoms with Gasteiger partial charge in [0.15, 0.2) is 0 Å². The SMILES string of the molecule is CC1(C)CCCCC(c2ccccc2)OO1. The Morgan fingerprint density at radius 3 is 2.62 bits per heavy atom. The fourth-order valence-electron chi connectivity index (χ4n) is 2.05. The minimum Gasteiger partial charge on any atom is -0.230 e. The molecule has 2 nitrogen and oxygen atoms in total. The highest BCUT2D eigenvalue weighted by Gasteiger charge is 2.25. The van der Waals surface area contributed by atoms with Gasteiger partial charge in [0.05, 0.1) is 5.60 Å². The zero-order valence-electron chi connectivity index (χ0n) is 10.1. The van der Waals surface area contributed by atoms with Crippen LogP contribution in [-0.4, -0.2) is 5.60 Å². The summed E-state index contributed by atoms with van der Waals surface area (Å²) in [6.07, 6.45) is 4.60. The van der Waals surface area contributed by atoms with Gasteiger partial charge in [-0.3, -0.25) is 0 Å². The van der Waals surface area contributed by atoms with Crippen LogP contribution in [0.25, 0.3) is 0 Å². The van der Waals surface area contributed by atoms with Crippen molar-refractivity contribution in [2.45, 2.75) is 51.2 Å². The first-order valence-corrected chi connectivity index (χ1v) is 6.07. The molecule has 1 aromatic rings. The van der Waals surface area contributed by atoms with Crippen LogP contribution in [0.15, 0.2) is 30.3 Å². The maximum absolute atomic E-state index is 5.58.